The number of carboxylic acid groups (broad SMARTS) is 2. The Balaban J connectivity index is 0.000000238. The molecule has 2 aliphatic heterocycles. The molecular weight excluding hydrogens is 1110 g/mol. The molecule has 2 aliphatic rings. The van der Waals surface area contributed by atoms with Crippen molar-refractivity contribution in [2.45, 2.75) is 103 Å². The van der Waals surface area contributed by atoms with E-state index in [1.807, 2.05) is 9.80 Å². The maximum Gasteiger partial charge on any atom is 0.433 e. The maximum atomic E-state index is 13.5. The summed E-state index contributed by atoms with van der Waals surface area (Å²) in [6, 6.07) is 17.5. The first-order chi connectivity index (χ1) is 39.4. The molecule has 452 valence electrons. The summed E-state index contributed by atoms with van der Waals surface area (Å²) in [5, 5.41) is 18.8. The summed E-state index contributed by atoms with van der Waals surface area (Å²) in [6.07, 6.45) is -1.53. The molecule has 84 heavy (non-hydrogen) atoms. The number of anilines is 2. The van der Waals surface area contributed by atoms with Crippen LogP contribution < -0.4 is 41.2 Å². The summed E-state index contributed by atoms with van der Waals surface area (Å²) in [4.78, 5) is 74.8. The molecule has 2 saturated heterocycles. The zero-order valence-electron chi connectivity index (χ0n) is 47.5. The van der Waals surface area contributed by atoms with Crippen LogP contribution in [0.5, 0.6) is 0 Å². The third-order valence-corrected chi connectivity index (χ3v) is 13.6. The standard InChI is InChI=1S/2C27H32F4N6O.C4H4O4/c2*1-26(2,3)24-33-22(27(29,30)31)18-23(34-24)36-15-13-35(14-16-36)10-4-5-11-37-12-9-21(32-25(37)38)19-7-6-8-20(28)17-19;5-3(6)1-2-4(7)8/h2*6-9,12,17-18H,4-5,10-11,13-16H2,1-3H3;1-2H,(H,5,6)(H,7,8)/b;;2-1+. The van der Waals surface area contributed by atoms with Crippen LogP contribution in [0.1, 0.15) is 90.3 Å². The number of carboxylic acids is 2. The number of aliphatic carboxylic acids is 2. The van der Waals surface area contributed by atoms with Gasteiger partial charge in [0, 0.05) is 59.6 Å². The van der Waals surface area contributed by atoms with Crippen molar-refractivity contribution in [2.75, 3.05) is 75.2 Å². The van der Waals surface area contributed by atoms with Gasteiger partial charge >= 0.3 is 23.7 Å². The van der Waals surface area contributed by atoms with E-state index in [0.717, 1.165) is 77.1 Å². The van der Waals surface area contributed by atoms with Crippen molar-refractivity contribution in [3.63, 3.8) is 0 Å². The van der Waals surface area contributed by atoms with Gasteiger partial charge in [-0.1, -0.05) is 65.8 Å². The minimum absolute atomic E-state index is 0.186. The normalized spacial score (nSPS) is 14.6. The first kappa shape index (κ1) is 65.2. The number of rotatable bonds is 16. The minimum atomic E-state index is -4.53. The van der Waals surface area contributed by atoms with Crippen molar-refractivity contribution in [1.82, 2.24) is 39.0 Å². The number of carbonyl (C=O) groups is 2. The fourth-order valence-electron chi connectivity index (χ4n) is 9.02. The second-order valence-corrected chi connectivity index (χ2v) is 22.3. The number of hydrogen-bond donors (Lipinski definition) is 2. The first-order valence-electron chi connectivity index (χ1n) is 27.3. The van der Waals surface area contributed by atoms with Crippen molar-refractivity contribution in [3.05, 3.63) is 153 Å². The number of piperazine rings is 2. The highest BCUT2D eigenvalue weighted by Crippen LogP contribution is 2.34. The molecule has 0 atom stereocenters. The summed E-state index contributed by atoms with van der Waals surface area (Å²) in [6.45, 7) is 19.3. The lowest BCUT2D eigenvalue weighted by atomic mass is 9.95. The Morgan fingerprint density at radius 1 is 0.524 bits per heavy atom. The van der Waals surface area contributed by atoms with Gasteiger partial charge < -0.3 is 39.4 Å². The second-order valence-electron chi connectivity index (χ2n) is 22.3. The Morgan fingerprint density at radius 3 is 1.18 bits per heavy atom. The van der Waals surface area contributed by atoms with E-state index in [0.29, 0.717) is 85.6 Å². The lowest BCUT2D eigenvalue weighted by Gasteiger charge is -2.33. The summed E-state index contributed by atoms with van der Waals surface area (Å²) in [5.74, 6) is -2.83. The molecular formula is C58H68F8N12O6. The van der Waals surface area contributed by atoms with E-state index in [-0.39, 0.29) is 34.7 Å². The molecule has 0 saturated carbocycles. The largest absolute Gasteiger partial charge is 0.545 e. The monoisotopic (exact) mass is 1180 g/mol. The van der Waals surface area contributed by atoms with E-state index in [1.54, 1.807) is 99.5 Å². The highest BCUT2D eigenvalue weighted by Gasteiger charge is 2.38. The van der Waals surface area contributed by atoms with Gasteiger partial charge in [-0.25, -0.2) is 38.3 Å². The van der Waals surface area contributed by atoms with Gasteiger partial charge in [-0.3, -0.25) is 9.13 Å². The quantitative estimate of drug-likeness (QED) is 0.0803. The fourth-order valence-corrected chi connectivity index (χ4v) is 9.02. The fraction of sp³-hybridized carbons (Fsp3) is 0.448. The van der Waals surface area contributed by atoms with Crippen LogP contribution in [-0.2, 0) is 45.9 Å². The average molecular weight is 1180 g/mol. The molecule has 26 heteroatoms. The Bertz CT molecular complexity index is 3060. The molecule has 2 N–H and O–H groups in total. The Labute approximate surface area is 480 Å². The molecule has 6 heterocycles. The third kappa shape index (κ3) is 19.8. The van der Waals surface area contributed by atoms with Crippen LogP contribution in [-0.4, -0.2) is 116 Å². The SMILES string of the molecule is CC(C)(C)c1nc(N2CC[NH+](CCCCn3ccc(-c4cccc(F)c4)nc3=O)CC2)cc(C(F)(F)F)n1.CC(C)(C)c1nc(N2CC[NH+](CCCCn3ccc(-c4cccc(F)c4)nc3=O)CC2)cc(C(F)(F)F)n1.O=C([O-])/C=C/C(=O)[O-]. The summed E-state index contributed by atoms with van der Waals surface area (Å²) < 4.78 is 111. The van der Waals surface area contributed by atoms with Gasteiger partial charge in [0.25, 0.3) is 0 Å². The van der Waals surface area contributed by atoms with Crippen LogP contribution >= 0.6 is 0 Å². The number of alkyl halides is 6. The van der Waals surface area contributed by atoms with E-state index in [4.69, 9.17) is 0 Å². The summed E-state index contributed by atoms with van der Waals surface area (Å²) >= 11 is 0. The van der Waals surface area contributed by atoms with Gasteiger partial charge in [0.2, 0.25) is 0 Å². The average Bonchev–Trinajstić information content (AvgIpc) is 3.62. The zero-order chi connectivity index (χ0) is 61.6. The molecule has 0 bridgehead atoms. The molecule has 0 unspecified atom stereocenters. The Morgan fingerprint density at radius 2 is 0.881 bits per heavy atom. The number of quaternary nitrogens is 2. The van der Waals surface area contributed by atoms with E-state index < -0.39 is 46.5 Å². The molecule has 6 aromatic rings. The number of halogens is 8. The van der Waals surface area contributed by atoms with Crippen LogP contribution in [0.25, 0.3) is 22.5 Å². The highest BCUT2D eigenvalue weighted by atomic mass is 19.4. The summed E-state index contributed by atoms with van der Waals surface area (Å²) in [5.41, 5.74) is -1.75. The minimum Gasteiger partial charge on any atom is -0.545 e. The maximum absolute atomic E-state index is 13.5. The van der Waals surface area contributed by atoms with Gasteiger partial charge in [-0.2, -0.15) is 36.3 Å². The molecule has 4 aromatic heterocycles. The van der Waals surface area contributed by atoms with Crippen molar-refractivity contribution < 1.29 is 64.7 Å². The van der Waals surface area contributed by atoms with Gasteiger partial charge in [0.05, 0.1) is 88.8 Å². The molecule has 0 amide bonds. The smallest absolute Gasteiger partial charge is 0.433 e. The number of aromatic nitrogens is 8. The number of unbranched alkanes of at least 4 members (excludes halogenated alkanes) is 2. The number of nitrogens with zero attached hydrogens (tertiary/aromatic N) is 10. The van der Waals surface area contributed by atoms with Crippen LogP contribution in [0.2, 0.25) is 0 Å². The second kappa shape index (κ2) is 28.5. The van der Waals surface area contributed by atoms with Crippen LogP contribution in [0, 0.1) is 11.6 Å². The van der Waals surface area contributed by atoms with Crippen LogP contribution in [0.3, 0.4) is 0 Å². The molecule has 2 aromatic carbocycles. The van der Waals surface area contributed by atoms with E-state index in [9.17, 15) is 64.5 Å². The van der Waals surface area contributed by atoms with Crippen molar-refractivity contribution >= 4 is 23.6 Å². The molecule has 0 aliphatic carbocycles. The Hall–Kier alpha value is -8.00. The predicted octanol–water partition coefficient (Wildman–Crippen LogP) is 3.72. The van der Waals surface area contributed by atoms with Gasteiger partial charge in [-0.05, 0) is 74.2 Å². The lowest BCUT2D eigenvalue weighted by molar-refractivity contribution is -0.900. The lowest BCUT2D eigenvalue weighted by Crippen LogP contribution is -3.14. The van der Waals surface area contributed by atoms with Crippen molar-refractivity contribution in [1.29, 1.82) is 0 Å². The molecule has 8 rings (SSSR count). The van der Waals surface area contributed by atoms with E-state index in [2.05, 4.69) is 29.9 Å². The number of benzene rings is 2. The van der Waals surface area contributed by atoms with Gasteiger partial charge in [-0.15, -0.1) is 0 Å². The van der Waals surface area contributed by atoms with Crippen LogP contribution in [0.15, 0.2) is 107 Å². The molecule has 0 radical (unpaired) electrons. The number of aryl methyl sites for hydroxylation is 2. The number of nitrogens with one attached hydrogen (secondary N) is 2. The van der Waals surface area contributed by atoms with E-state index >= 15 is 0 Å². The topological polar surface area (TPSA) is 217 Å². The Kier molecular flexibility index (Phi) is 22.1. The van der Waals surface area contributed by atoms with Crippen molar-refractivity contribution in [2.24, 2.45) is 0 Å². The molecule has 0 spiro atoms. The summed E-state index contributed by atoms with van der Waals surface area (Å²) in [7, 11) is 0. The third-order valence-electron chi connectivity index (χ3n) is 13.6. The first-order valence-corrected chi connectivity index (χ1v) is 27.3. The van der Waals surface area contributed by atoms with Crippen molar-refractivity contribution in [3.8, 4) is 22.5 Å². The highest BCUT2D eigenvalue weighted by molar-refractivity contribution is 5.87. The molecule has 2 fully saturated rings. The van der Waals surface area contributed by atoms with Gasteiger partial charge in [0.1, 0.15) is 46.3 Å². The predicted molar refractivity (Wildman–Crippen MR) is 292 cm³/mol. The molecule has 18 nitrogen and oxygen atoms in total. The number of carbonyl (C=O) groups excluding carboxylic acids is 2. The zero-order valence-corrected chi connectivity index (χ0v) is 47.5. The van der Waals surface area contributed by atoms with Gasteiger partial charge in [0.15, 0.2) is 0 Å². The van der Waals surface area contributed by atoms with E-state index in [1.165, 1.54) is 34.1 Å². The number of hydrogen-bond acceptors (Lipinski definition) is 14. The van der Waals surface area contributed by atoms with Crippen LogP contribution in [0.4, 0.5) is 46.8 Å².